The first kappa shape index (κ1) is 20.4. The molecule has 2 unspecified atom stereocenters. The van der Waals surface area contributed by atoms with E-state index < -0.39 is 58.5 Å². The maximum absolute atomic E-state index is 16.9. The average Bonchev–Trinajstić information content (AvgIpc) is 2.84. The molecule has 0 aromatic rings. The number of alkyl halides is 1. The summed E-state index contributed by atoms with van der Waals surface area (Å²) in [4.78, 5) is 24.4. The summed E-state index contributed by atoms with van der Waals surface area (Å²) < 4.78 is 16.9. The van der Waals surface area contributed by atoms with Crippen LogP contribution < -0.4 is 0 Å². The van der Waals surface area contributed by atoms with E-state index >= 15 is 4.39 Å². The number of carbonyl (C=O) groups is 2. The Balaban J connectivity index is 1.79. The van der Waals surface area contributed by atoms with Gasteiger partial charge in [-0.1, -0.05) is 13.8 Å². The third kappa shape index (κ3) is 2.11. The number of carbonyl (C=O) groups excluding carboxylic acids is 2. The number of hydrogen-bond donors (Lipinski definition) is 4. The lowest BCUT2D eigenvalue weighted by Crippen LogP contribution is -2.71. The molecule has 0 aromatic carbocycles. The van der Waals surface area contributed by atoms with Crippen molar-refractivity contribution in [3.8, 4) is 0 Å². The number of aliphatic hydroxyl groups is 4. The highest BCUT2D eigenvalue weighted by Crippen LogP contribution is 2.70. The van der Waals surface area contributed by atoms with Crippen molar-refractivity contribution in [3.63, 3.8) is 0 Å². The molecule has 0 aliphatic heterocycles. The molecule has 7 heteroatoms. The first-order valence-corrected chi connectivity index (χ1v) is 10.4. The van der Waals surface area contributed by atoms with Crippen LogP contribution in [-0.2, 0) is 9.59 Å². The summed E-state index contributed by atoms with van der Waals surface area (Å²) in [5.74, 6) is -1.98. The van der Waals surface area contributed by atoms with E-state index in [9.17, 15) is 30.0 Å². The van der Waals surface area contributed by atoms with E-state index in [-0.39, 0.29) is 24.5 Å². The first-order valence-electron chi connectivity index (χ1n) is 10.4. The number of fused-ring (bicyclic) bond motifs is 5. The lowest BCUT2D eigenvalue weighted by Gasteiger charge is -2.65. The highest BCUT2D eigenvalue weighted by Gasteiger charge is 2.76. The molecular weight excluding hydrogens is 367 g/mol. The molecule has 4 N–H and O–H groups in total. The van der Waals surface area contributed by atoms with E-state index in [1.165, 1.54) is 0 Å². The Hall–Kier alpha value is -0.890. The zero-order valence-electron chi connectivity index (χ0n) is 16.5. The highest BCUT2D eigenvalue weighted by atomic mass is 19.1. The summed E-state index contributed by atoms with van der Waals surface area (Å²) in [7, 11) is 0. The first-order chi connectivity index (χ1) is 13.0. The van der Waals surface area contributed by atoms with Crippen LogP contribution in [-0.4, -0.2) is 62.1 Å². The minimum Gasteiger partial charge on any atom is -0.390 e. The van der Waals surface area contributed by atoms with Crippen molar-refractivity contribution in [2.75, 3.05) is 6.61 Å². The highest BCUT2D eigenvalue weighted by molar-refractivity contribution is 5.90. The van der Waals surface area contributed by atoms with Crippen molar-refractivity contribution in [1.82, 2.24) is 0 Å². The smallest absolute Gasteiger partial charge is 0.192 e. The maximum Gasteiger partial charge on any atom is 0.192 e. The van der Waals surface area contributed by atoms with Gasteiger partial charge in [-0.15, -0.1) is 0 Å². The van der Waals surface area contributed by atoms with Crippen molar-refractivity contribution in [2.24, 2.45) is 28.6 Å². The fourth-order valence-corrected chi connectivity index (χ4v) is 7.69. The number of halogens is 1. The normalized spacial score (nSPS) is 56.0. The van der Waals surface area contributed by atoms with E-state index in [2.05, 4.69) is 0 Å². The van der Waals surface area contributed by atoms with Gasteiger partial charge >= 0.3 is 0 Å². The van der Waals surface area contributed by atoms with Crippen LogP contribution in [0, 0.1) is 28.6 Å². The Morgan fingerprint density at radius 3 is 2.46 bits per heavy atom. The second kappa shape index (κ2) is 6.06. The van der Waals surface area contributed by atoms with Gasteiger partial charge in [0.25, 0.3) is 0 Å². The lowest BCUT2D eigenvalue weighted by atomic mass is 9.42. The predicted octanol–water partition coefficient (Wildman–Crippen LogP) is 0.924. The van der Waals surface area contributed by atoms with Crippen molar-refractivity contribution >= 4 is 11.6 Å². The molecule has 0 radical (unpaired) electrons. The molecule has 158 valence electrons. The molecule has 6 nitrogen and oxygen atoms in total. The van der Waals surface area contributed by atoms with E-state index in [1.54, 1.807) is 6.92 Å². The van der Waals surface area contributed by atoms with Gasteiger partial charge in [0, 0.05) is 23.7 Å². The van der Waals surface area contributed by atoms with Crippen LogP contribution in [0.2, 0.25) is 0 Å². The zero-order valence-corrected chi connectivity index (χ0v) is 16.5. The zero-order chi connectivity index (χ0) is 20.7. The summed E-state index contributed by atoms with van der Waals surface area (Å²) in [6.07, 6.45) is -0.820. The molecule has 0 bridgehead atoms. The number of rotatable bonds is 2. The Morgan fingerprint density at radius 1 is 1.14 bits per heavy atom. The number of hydrogen-bond acceptors (Lipinski definition) is 6. The Morgan fingerprint density at radius 2 is 1.82 bits per heavy atom. The second-order valence-corrected chi connectivity index (χ2v) is 10.2. The van der Waals surface area contributed by atoms with Gasteiger partial charge in [-0.3, -0.25) is 9.59 Å². The molecule has 0 aromatic heterocycles. The van der Waals surface area contributed by atoms with Gasteiger partial charge in [0.2, 0.25) is 0 Å². The van der Waals surface area contributed by atoms with Crippen molar-refractivity contribution < 1.29 is 34.4 Å². The number of aliphatic hydroxyl groups excluding tert-OH is 3. The topological polar surface area (TPSA) is 115 Å². The Bertz CT molecular complexity index is 713. The molecule has 4 aliphatic carbocycles. The summed E-state index contributed by atoms with van der Waals surface area (Å²) in [5, 5.41) is 42.2. The largest absolute Gasteiger partial charge is 0.390 e. The molecular formula is C21H31FO6. The van der Waals surface area contributed by atoms with Gasteiger partial charge in [-0.25, -0.2) is 4.39 Å². The number of Topliss-reactive ketones (excluding diaryl/α,β-unsaturated/α-hetero) is 2. The third-order valence-electron chi connectivity index (χ3n) is 9.34. The SMILES string of the molecule is C[C@]12C[C@H](O)[C@@]3(F)[C@@H](CCC4CC(=O)CC[C@@]43C)[C@@H]1C[C@@H](O)C2(O)C(=O)CO. The van der Waals surface area contributed by atoms with Gasteiger partial charge in [0.15, 0.2) is 11.4 Å². The van der Waals surface area contributed by atoms with Gasteiger partial charge in [0.05, 0.1) is 12.2 Å². The molecule has 0 spiro atoms. The molecule has 0 amide bonds. The minimum atomic E-state index is -2.20. The summed E-state index contributed by atoms with van der Waals surface area (Å²) in [6, 6.07) is 0. The fraction of sp³-hybridized carbons (Fsp3) is 0.905. The molecule has 0 heterocycles. The molecule has 4 saturated carbocycles. The fourth-order valence-electron chi connectivity index (χ4n) is 7.69. The molecule has 4 rings (SSSR count). The van der Waals surface area contributed by atoms with Crippen LogP contribution in [0.1, 0.15) is 58.8 Å². The lowest BCUT2D eigenvalue weighted by molar-refractivity contribution is -0.255. The molecule has 0 saturated heterocycles. The van der Waals surface area contributed by atoms with Crippen LogP contribution in [0.4, 0.5) is 4.39 Å². The maximum atomic E-state index is 16.9. The summed E-state index contributed by atoms with van der Waals surface area (Å²) >= 11 is 0. The molecule has 4 fully saturated rings. The van der Waals surface area contributed by atoms with E-state index in [0.717, 1.165) is 0 Å². The molecule has 4 aliphatic rings. The average molecular weight is 398 g/mol. The van der Waals surface area contributed by atoms with Crippen LogP contribution in [0.25, 0.3) is 0 Å². The molecule has 28 heavy (non-hydrogen) atoms. The van der Waals surface area contributed by atoms with Gasteiger partial charge in [-0.05, 0) is 49.9 Å². The van der Waals surface area contributed by atoms with Gasteiger partial charge in [0.1, 0.15) is 18.1 Å². The summed E-state index contributed by atoms with van der Waals surface area (Å²) in [5.41, 5.74) is -6.21. The van der Waals surface area contributed by atoms with Crippen molar-refractivity contribution in [1.29, 1.82) is 0 Å². The predicted molar refractivity (Wildman–Crippen MR) is 96.9 cm³/mol. The second-order valence-electron chi connectivity index (χ2n) is 10.2. The van der Waals surface area contributed by atoms with Gasteiger partial charge < -0.3 is 20.4 Å². The molecule has 9 atom stereocenters. The van der Waals surface area contributed by atoms with Crippen molar-refractivity contribution in [2.45, 2.75) is 82.3 Å². The van der Waals surface area contributed by atoms with Crippen LogP contribution in [0.15, 0.2) is 0 Å². The van der Waals surface area contributed by atoms with E-state index in [0.29, 0.717) is 32.1 Å². The van der Waals surface area contributed by atoms with Crippen LogP contribution >= 0.6 is 0 Å². The van der Waals surface area contributed by atoms with E-state index in [4.69, 9.17) is 0 Å². The Kier molecular flexibility index (Phi) is 4.41. The summed E-state index contributed by atoms with van der Waals surface area (Å²) in [6.45, 7) is 2.54. The minimum absolute atomic E-state index is 0.0570. The quantitative estimate of drug-likeness (QED) is 0.550. The third-order valence-corrected chi connectivity index (χ3v) is 9.34. The Labute approximate surface area is 164 Å². The van der Waals surface area contributed by atoms with E-state index in [1.807, 2.05) is 6.92 Å². The number of ketones is 2. The van der Waals surface area contributed by atoms with Gasteiger partial charge in [-0.2, -0.15) is 0 Å². The standard InChI is InChI=1S/C21H31FO6/c1-18-6-5-12(24)7-11(18)3-4-13-14-8-15(25)21(28,17(27)10-23)19(14,2)9-16(26)20(13,18)22/h11,13-16,23,25-26,28H,3-10H2,1-2H3/t11?,13-,14-,15+,16-,18-,19-,20-,21?/m0/s1. The van der Waals surface area contributed by atoms with Crippen molar-refractivity contribution in [3.05, 3.63) is 0 Å². The monoisotopic (exact) mass is 398 g/mol. The van der Waals surface area contributed by atoms with Crippen LogP contribution in [0.3, 0.4) is 0 Å². The van der Waals surface area contributed by atoms with Crippen LogP contribution in [0.5, 0.6) is 0 Å².